The fourth-order valence-electron chi connectivity index (χ4n) is 2.42. The van der Waals surface area contributed by atoms with Crippen LogP contribution in [0.15, 0.2) is 40.0 Å². The Hall–Kier alpha value is -2.19. The normalized spacial score (nSPS) is 11.0. The molecule has 1 N–H and O–H groups in total. The van der Waals surface area contributed by atoms with E-state index >= 15 is 0 Å². The van der Waals surface area contributed by atoms with Crippen molar-refractivity contribution in [1.82, 2.24) is 14.6 Å². The number of aryl methyl sites for hydroxylation is 1. The summed E-state index contributed by atoms with van der Waals surface area (Å²) in [7, 11) is 0. The minimum absolute atomic E-state index is 0.0258. The van der Waals surface area contributed by atoms with E-state index in [9.17, 15) is 9.59 Å². The average molecular weight is 389 g/mol. The molecule has 3 aromatic rings. The number of amides is 1. The third-order valence-electron chi connectivity index (χ3n) is 3.69. The molecule has 0 spiro atoms. The van der Waals surface area contributed by atoms with Gasteiger partial charge in [-0.2, -0.15) is 9.61 Å². The first-order valence-corrected chi connectivity index (χ1v) is 10.2. The summed E-state index contributed by atoms with van der Waals surface area (Å²) in [5.74, 6) is 0.572. The number of anilines is 1. The Balaban J connectivity index is 1.74. The van der Waals surface area contributed by atoms with Gasteiger partial charge in [0.15, 0.2) is 0 Å². The molecule has 0 aliphatic carbocycles. The second-order valence-electron chi connectivity index (χ2n) is 5.84. The zero-order valence-electron chi connectivity index (χ0n) is 14.7. The first kappa shape index (κ1) is 18.6. The second kappa shape index (κ2) is 8.46. The highest BCUT2D eigenvalue weighted by molar-refractivity contribution is 7.98. The van der Waals surface area contributed by atoms with E-state index in [0.717, 1.165) is 28.4 Å². The predicted octanol–water partition coefficient (Wildman–Crippen LogP) is 3.88. The van der Waals surface area contributed by atoms with Crippen LogP contribution in [0.3, 0.4) is 0 Å². The molecule has 0 aliphatic heterocycles. The molecule has 0 fully saturated rings. The topological polar surface area (TPSA) is 76.4 Å². The molecule has 0 radical (unpaired) electrons. The summed E-state index contributed by atoms with van der Waals surface area (Å²) in [4.78, 5) is 30.2. The fourth-order valence-corrected chi connectivity index (χ4v) is 4.09. The van der Waals surface area contributed by atoms with Crippen LogP contribution in [0.4, 0.5) is 5.69 Å². The number of thioether (sulfide) groups is 1. The molecule has 8 heteroatoms. The van der Waals surface area contributed by atoms with Gasteiger partial charge in [0.25, 0.3) is 5.56 Å². The van der Waals surface area contributed by atoms with Gasteiger partial charge in [-0.15, -0.1) is 11.8 Å². The van der Waals surface area contributed by atoms with Crippen LogP contribution in [-0.4, -0.2) is 20.5 Å². The zero-order chi connectivity index (χ0) is 18.5. The van der Waals surface area contributed by atoms with Crippen LogP contribution < -0.4 is 10.9 Å². The van der Waals surface area contributed by atoms with Crippen molar-refractivity contribution in [2.75, 3.05) is 5.32 Å². The SMILES string of the molecule is CCCCC(=O)Nc1ccccc1SCc1cc(=O)n2nc(C)sc2n1. The Morgan fingerprint density at radius 1 is 1.35 bits per heavy atom. The van der Waals surface area contributed by atoms with Gasteiger partial charge in [0, 0.05) is 23.1 Å². The Kier molecular flexibility index (Phi) is 6.05. The summed E-state index contributed by atoms with van der Waals surface area (Å²) < 4.78 is 1.33. The smallest absolute Gasteiger partial charge is 0.275 e. The van der Waals surface area contributed by atoms with Crippen molar-refractivity contribution < 1.29 is 4.79 Å². The lowest BCUT2D eigenvalue weighted by Crippen LogP contribution is -2.15. The van der Waals surface area contributed by atoms with Crippen molar-refractivity contribution in [3.8, 4) is 0 Å². The number of carbonyl (C=O) groups excluding carboxylic acids is 1. The molecule has 0 saturated carbocycles. The van der Waals surface area contributed by atoms with Crippen LogP contribution in [0.2, 0.25) is 0 Å². The number of para-hydroxylation sites is 1. The third-order valence-corrected chi connectivity index (χ3v) is 5.62. The van der Waals surface area contributed by atoms with Crippen molar-refractivity contribution in [2.45, 2.75) is 43.8 Å². The van der Waals surface area contributed by atoms with Crippen molar-refractivity contribution in [2.24, 2.45) is 0 Å². The summed E-state index contributed by atoms with van der Waals surface area (Å²) in [5, 5.41) is 7.93. The van der Waals surface area contributed by atoms with E-state index in [2.05, 4.69) is 22.3 Å². The van der Waals surface area contributed by atoms with Gasteiger partial charge >= 0.3 is 0 Å². The van der Waals surface area contributed by atoms with E-state index in [1.54, 1.807) is 11.8 Å². The summed E-state index contributed by atoms with van der Waals surface area (Å²) in [6.45, 7) is 3.92. The van der Waals surface area contributed by atoms with E-state index in [4.69, 9.17) is 0 Å². The van der Waals surface area contributed by atoms with Gasteiger partial charge in [0.05, 0.1) is 11.4 Å². The van der Waals surface area contributed by atoms with E-state index in [0.29, 0.717) is 22.8 Å². The van der Waals surface area contributed by atoms with Crippen molar-refractivity contribution in [1.29, 1.82) is 0 Å². The highest BCUT2D eigenvalue weighted by atomic mass is 32.2. The first-order chi connectivity index (χ1) is 12.6. The lowest BCUT2D eigenvalue weighted by Gasteiger charge is -2.10. The summed E-state index contributed by atoms with van der Waals surface area (Å²) in [6.07, 6.45) is 2.39. The number of carbonyl (C=O) groups is 1. The predicted molar refractivity (Wildman–Crippen MR) is 106 cm³/mol. The number of nitrogens with one attached hydrogen (secondary N) is 1. The maximum Gasteiger partial charge on any atom is 0.275 e. The zero-order valence-corrected chi connectivity index (χ0v) is 16.3. The average Bonchev–Trinajstić information content (AvgIpc) is 3.00. The van der Waals surface area contributed by atoms with E-state index in [-0.39, 0.29) is 11.5 Å². The second-order valence-corrected chi connectivity index (χ2v) is 8.02. The molecule has 6 nitrogen and oxygen atoms in total. The van der Waals surface area contributed by atoms with E-state index < -0.39 is 0 Å². The Morgan fingerprint density at radius 2 is 2.15 bits per heavy atom. The lowest BCUT2D eigenvalue weighted by atomic mass is 10.2. The number of aromatic nitrogens is 3. The fraction of sp³-hybridized carbons (Fsp3) is 0.333. The van der Waals surface area contributed by atoms with Gasteiger partial charge in [0.2, 0.25) is 10.9 Å². The molecule has 3 rings (SSSR count). The van der Waals surface area contributed by atoms with Crippen LogP contribution in [0, 0.1) is 6.92 Å². The molecule has 2 heterocycles. The molecule has 0 unspecified atom stereocenters. The maximum atomic E-state index is 12.1. The largest absolute Gasteiger partial charge is 0.325 e. The molecule has 0 saturated heterocycles. The van der Waals surface area contributed by atoms with E-state index in [1.165, 1.54) is 21.9 Å². The number of fused-ring (bicyclic) bond motifs is 1. The van der Waals surface area contributed by atoms with Crippen LogP contribution in [0.1, 0.15) is 36.9 Å². The van der Waals surface area contributed by atoms with Crippen molar-refractivity contribution in [3.63, 3.8) is 0 Å². The number of unbranched alkanes of at least 4 members (excludes halogenated alkanes) is 1. The Labute approximate surface area is 159 Å². The molecule has 1 aromatic carbocycles. The minimum atomic E-state index is -0.170. The number of hydrogen-bond acceptors (Lipinski definition) is 6. The van der Waals surface area contributed by atoms with Gasteiger partial charge in [-0.1, -0.05) is 36.8 Å². The number of nitrogens with zero attached hydrogens (tertiary/aromatic N) is 3. The Morgan fingerprint density at radius 3 is 2.96 bits per heavy atom. The quantitative estimate of drug-likeness (QED) is 0.622. The van der Waals surface area contributed by atoms with Gasteiger partial charge in [-0.05, 0) is 25.5 Å². The van der Waals surface area contributed by atoms with Gasteiger partial charge < -0.3 is 5.32 Å². The van der Waals surface area contributed by atoms with Crippen LogP contribution in [0.25, 0.3) is 4.96 Å². The standard InChI is InChI=1S/C18H20N4O2S2/c1-3-4-9-16(23)20-14-7-5-6-8-15(14)25-11-13-10-17(24)22-18(19-13)26-12(2)21-22/h5-8,10H,3-4,9,11H2,1-2H3,(H,20,23). The summed E-state index contributed by atoms with van der Waals surface area (Å²) >= 11 is 2.94. The highest BCUT2D eigenvalue weighted by Gasteiger charge is 2.10. The van der Waals surface area contributed by atoms with Gasteiger partial charge in [0.1, 0.15) is 5.01 Å². The molecule has 0 aliphatic rings. The minimum Gasteiger partial charge on any atom is -0.325 e. The molecule has 2 aromatic heterocycles. The molecule has 0 bridgehead atoms. The molecule has 136 valence electrons. The van der Waals surface area contributed by atoms with Crippen LogP contribution in [-0.2, 0) is 10.5 Å². The molecular weight excluding hydrogens is 368 g/mol. The molecule has 26 heavy (non-hydrogen) atoms. The third kappa shape index (κ3) is 4.50. The Bertz CT molecular complexity index is 981. The maximum absolute atomic E-state index is 12.1. The number of rotatable bonds is 7. The molecule has 1 amide bonds. The number of hydrogen-bond donors (Lipinski definition) is 1. The monoisotopic (exact) mass is 388 g/mol. The van der Waals surface area contributed by atoms with Gasteiger partial charge in [-0.3, -0.25) is 9.59 Å². The first-order valence-electron chi connectivity index (χ1n) is 8.45. The molecule has 0 atom stereocenters. The van der Waals surface area contributed by atoms with Crippen molar-refractivity contribution >= 4 is 39.7 Å². The lowest BCUT2D eigenvalue weighted by molar-refractivity contribution is -0.116. The van der Waals surface area contributed by atoms with E-state index in [1.807, 2.05) is 31.2 Å². The van der Waals surface area contributed by atoms with Crippen LogP contribution >= 0.6 is 23.1 Å². The summed E-state index contributed by atoms with van der Waals surface area (Å²) in [6, 6.07) is 9.20. The summed E-state index contributed by atoms with van der Waals surface area (Å²) in [5.41, 5.74) is 1.33. The van der Waals surface area contributed by atoms with Gasteiger partial charge in [-0.25, -0.2) is 4.98 Å². The van der Waals surface area contributed by atoms with Crippen molar-refractivity contribution in [3.05, 3.63) is 51.4 Å². The molecular formula is C18H20N4O2S2. The van der Waals surface area contributed by atoms with Crippen LogP contribution in [0.5, 0.6) is 0 Å². The number of benzene rings is 1. The highest BCUT2D eigenvalue weighted by Crippen LogP contribution is 2.29.